The van der Waals surface area contributed by atoms with Crippen LogP contribution in [-0.4, -0.2) is 0 Å². The zero-order valence-corrected chi connectivity index (χ0v) is 11.3. The monoisotopic (exact) mass is 226 g/mol. The molecule has 2 aliphatic rings. The highest BCUT2D eigenvalue weighted by Crippen LogP contribution is 2.40. The molecule has 0 atom stereocenters. The van der Waals surface area contributed by atoms with E-state index in [1.807, 2.05) is 0 Å². The van der Waals surface area contributed by atoms with Crippen molar-refractivity contribution in [2.45, 2.75) is 58.3 Å². The smallest absolute Gasteiger partial charge is 0.00977 e. The molecule has 0 radical (unpaired) electrons. The molecule has 0 heteroatoms. The average Bonchev–Trinajstić information content (AvgIpc) is 2.52. The van der Waals surface area contributed by atoms with E-state index in [9.17, 15) is 0 Å². The SMILES string of the molecule is CC(=C1CCC1)c1ccc2c(c1)CCC2(C)C. The quantitative estimate of drug-likeness (QED) is 0.641. The minimum absolute atomic E-state index is 0.394. The lowest BCUT2D eigenvalue weighted by molar-refractivity contribution is 0.522. The molecule has 0 nitrogen and oxygen atoms in total. The molecule has 1 aromatic rings. The van der Waals surface area contributed by atoms with Crippen molar-refractivity contribution < 1.29 is 0 Å². The minimum atomic E-state index is 0.394. The number of hydrogen-bond acceptors (Lipinski definition) is 0. The van der Waals surface area contributed by atoms with Crippen molar-refractivity contribution in [3.8, 4) is 0 Å². The largest absolute Gasteiger partial charge is 0.0667 e. The first-order valence-corrected chi connectivity index (χ1v) is 6.90. The summed E-state index contributed by atoms with van der Waals surface area (Å²) in [4.78, 5) is 0. The molecule has 0 heterocycles. The Morgan fingerprint density at radius 2 is 1.88 bits per heavy atom. The molecule has 0 amide bonds. The van der Waals surface area contributed by atoms with E-state index < -0.39 is 0 Å². The maximum atomic E-state index is 2.45. The molecule has 3 rings (SSSR count). The number of benzene rings is 1. The van der Waals surface area contributed by atoms with Gasteiger partial charge in [-0.1, -0.05) is 37.6 Å². The molecule has 0 N–H and O–H groups in total. The Kier molecular flexibility index (Phi) is 2.43. The lowest BCUT2D eigenvalue weighted by atomic mass is 9.83. The van der Waals surface area contributed by atoms with Crippen LogP contribution >= 0.6 is 0 Å². The maximum Gasteiger partial charge on any atom is -0.00977 e. The molecule has 0 saturated heterocycles. The standard InChI is InChI=1S/C17H22/c1-12(13-5-4-6-13)14-7-8-16-15(11-14)9-10-17(16,2)3/h7-8,11H,4-6,9-10H2,1-3H3. The second-order valence-corrected chi connectivity index (χ2v) is 6.34. The van der Waals surface area contributed by atoms with Gasteiger partial charge in [0.05, 0.1) is 0 Å². The fraction of sp³-hybridized carbons (Fsp3) is 0.529. The van der Waals surface area contributed by atoms with Crippen LogP contribution in [0.1, 0.15) is 63.1 Å². The van der Waals surface area contributed by atoms with Crippen molar-refractivity contribution in [2.24, 2.45) is 0 Å². The predicted molar refractivity (Wildman–Crippen MR) is 74.2 cm³/mol. The van der Waals surface area contributed by atoms with Gasteiger partial charge in [0.15, 0.2) is 0 Å². The Balaban J connectivity index is 2.01. The van der Waals surface area contributed by atoms with E-state index >= 15 is 0 Å². The van der Waals surface area contributed by atoms with Crippen molar-refractivity contribution in [1.29, 1.82) is 0 Å². The van der Waals surface area contributed by atoms with Crippen LogP contribution in [0.3, 0.4) is 0 Å². The molecule has 1 aromatic carbocycles. The first-order chi connectivity index (χ1) is 8.08. The summed E-state index contributed by atoms with van der Waals surface area (Å²) in [6, 6.07) is 7.16. The van der Waals surface area contributed by atoms with E-state index in [1.165, 1.54) is 37.7 Å². The second kappa shape index (κ2) is 3.73. The number of fused-ring (bicyclic) bond motifs is 1. The maximum absolute atomic E-state index is 2.45. The fourth-order valence-electron chi connectivity index (χ4n) is 3.21. The summed E-state index contributed by atoms with van der Waals surface area (Å²) in [6.07, 6.45) is 6.62. The third kappa shape index (κ3) is 1.74. The Bertz CT molecular complexity index is 483. The van der Waals surface area contributed by atoms with Gasteiger partial charge in [-0.3, -0.25) is 0 Å². The summed E-state index contributed by atoms with van der Waals surface area (Å²) in [5.74, 6) is 0. The van der Waals surface area contributed by atoms with Gasteiger partial charge in [0.1, 0.15) is 0 Å². The highest BCUT2D eigenvalue weighted by atomic mass is 14.3. The Labute approximate surface area is 105 Å². The lowest BCUT2D eigenvalue weighted by Gasteiger charge is -2.22. The van der Waals surface area contributed by atoms with Gasteiger partial charge in [0.25, 0.3) is 0 Å². The van der Waals surface area contributed by atoms with Crippen LogP contribution in [0.15, 0.2) is 23.8 Å². The summed E-state index contributed by atoms with van der Waals surface area (Å²) in [6.45, 7) is 7.04. The molecule has 2 aliphatic carbocycles. The number of allylic oxidation sites excluding steroid dienone is 2. The minimum Gasteiger partial charge on any atom is -0.0667 e. The first-order valence-electron chi connectivity index (χ1n) is 6.90. The summed E-state index contributed by atoms with van der Waals surface area (Å²) in [5, 5.41) is 0. The molecule has 17 heavy (non-hydrogen) atoms. The Morgan fingerprint density at radius 1 is 1.12 bits per heavy atom. The van der Waals surface area contributed by atoms with E-state index in [0.717, 1.165) is 0 Å². The van der Waals surface area contributed by atoms with Gasteiger partial charge < -0.3 is 0 Å². The number of rotatable bonds is 1. The molecule has 90 valence electrons. The van der Waals surface area contributed by atoms with Gasteiger partial charge in [-0.05, 0) is 66.7 Å². The van der Waals surface area contributed by atoms with Crippen LogP contribution in [0.25, 0.3) is 5.57 Å². The lowest BCUT2D eigenvalue weighted by Crippen LogP contribution is -2.11. The molecule has 1 fully saturated rings. The molecule has 0 spiro atoms. The molecule has 0 unspecified atom stereocenters. The van der Waals surface area contributed by atoms with Crippen molar-refractivity contribution in [3.05, 3.63) is 40.5 Å². The Morgan fingerprint density at radius 3 is 2.53 bits per heavy atom. The number of aryl methyl sites for hydroxylation is 1. The van der Waals surface area contributed by atoms with Crippen molar-refractivity contribution >= 4 is 5.57 Å². The third-order valence-electron chi connectivity index (χ3n) is 4.77. The topological polar surface area (TPSA) is 0 Å². The first kappa shape index (κ1) is 11.1. The molecule has 0 aromatic heterocycles. The van der Waals surface area contributed by atoms with E-state index in [4.69, 9.17) is 0 Å². The van der Waals surface area contributed by atoms with Crippen molar-refractivity contribution in [1.82, 2.24) is 0 Å². The summed E-state index contributed by atoms with van der Waals surface area (Å²) in [5.41, 5.74) is 8.26. The zero-order chi connectivity index (χ0) is 12.0. The summed E-state index contributed by atoms with van der Waals surface area (Å²) >= 11 is 0. The molecule has 0 aliphatic heterocycles. The second-order valence-electron chi connectivity index (χ2n) is 6.34. The zero-order valence-electron chi connectivity index (χ0n) is 11.3. The van der Waals surface area contributed by atoms with Crippen LogP contribution in [-0.2, 0) is 11.8 Å². The van der Waals surface area contributed by atoms with Crippen LogP contribution in [0.4, 0.5) is 0 Å². The van der Waals surface area contributed by atoms with Gasteiger partial charge in [-0.25, -0.2) is 0 Å². The van der Waals surface area contributed by atoms with Crippen LogP contribution in [0.5, 0.6) is 0 Å². The third-order valence-corrected chi connectivity index (χ3v) is 4.77. The summed E-state index contributed by atoms with van der Waals surface area (Å²) in [7, 11) is 0. The van der Waals surface area contributed by atoms with E-state index in [-0.39, 0.29) is 0 Å². The van der Waals surface area contributed by atoms with Crippen LogP contribution in [0, 0.1) is 0 Å². The number of hydrogen-bond donors (Lipinski definition) is 0. The van der Waals surface area contributed by atoms with E-state index in [0.29, 0.717) is 5.41 Å². The fourth-order valence-corrected chi connectivity index (χ4v) is 3.21. The van der Waals surface area contributed by atoms with Gasteiger partial charge in [0, 0.05) is 0 Å². The average molecular weight is 226 g/mol. The van der Waals surface area contributed by atoms with Crippen LogP contribution in [0.2, 0.25) is 0 Å². The highest BCUT2D eigenvalue weighted by molar-refractivity contribution is 5.69. The summed E-state index contributed by atoms with van der Waals surface area (Å²) < 4.78 is 0. The van der Waals surface area contributed by atoms with Gasteiger partial charge in [-0.2, -0.15) is 0 Å². The molecule has 1 saturated carbocycles. The highest BCUT2D eigenvalue weighted by Gasteiger charge is 2.29. The van der Waals surface area contributed by atoms with E-state index in [1.54, 1.807) is 22.3 Å². The van der Waals surface area contributed by atoms with Crippen molar-refractivity contribution in [2.75, 3.05) is 0 Å². The van der Waals surface area contributed by atoms with Gasteiger partial charge >= 0.3 is 0 Å². The molecule has 0 bridgehead atoms. The predicted octanol–water partition coefficient (Wildman–Crippen LogP) is 4.87. The Hall–Kier alpha value is -1.04. The van der Waals surface area contributed by atoms with Crippen molar-refractivity contribution in [3.63, 3.8) is 0 Å². The van der Waals surface area contributed by atoms with E-state index in [2.05, 4.69) is 39.0 Å². The molecular formula is C17H22. The van der Waals surface area contributed by atoms with Crippen LogP contribution < -0.4 is 0 Å². The molecular weight excluding hydrogens is 204 g/mol. The van der Waals surface area contributed by atoms with Gasteiger partial charge in [-0.15, -0.1) is 0 Å². The van der Waals surface area contributed by atoms with Gasteiger partial charge in [0.2, 0.25) is 0 Å². The normalized spacial score (nSPS) is 21.0.